The molecular weight excluding hydrogens is 176 g/mol. The molecule has 1 atom stereocenters. The Labute approximate surface area is 75.9 Å². The molecule has 0 heterocycles. The SMILES string of the molecule is C=C(CC(OC)C(=O)OC)C(=O)O. The maximum Gasteiger partial charge on any atom is 0.335 e. The Morgan fingerprint density at radius 1 is 1.46 bits per heavy atom. The lowest BCUT2D eigenvalue weighted by atomic mass is 10.1. The summed E-state index contributed by atoms with van der Waals surface area (Å²) >= 11 is 0. The van der Waals surface area contributed by atoms with Crippen molar-refractivity contribution in [2.75, 3.05) is 14.2 Å². The van der Waals surface area contributed by atoms with Crippen molar-refractivity contribution in [3.05, 3.63) is 12.2 Å². The summed E-state index contributed by atoms with van der Waals surface area (Å²) in [6, 6.07) is 0. The van der Waals surface area contributed by atoms with Crippen molar-refractivity contribution in [1.29, 1.82) is 0 Å². The molecule has 0 saturated heterocycles. The van der Waals surface area contributed by atoms with Gasteiger partial charge in [0.25, 0.3) is 0 Å². The molecule has 0 spiro atoms. The van der Waals surface area contributed by atoms with Gasteiger partial charge in [-0.05, 0) is 0 Å². The van der Waals surface area contributed by atoms with E-state index in [0.29, 0.717) is 0 Å². The first kappa shape index (κ1) is 11.6. The molecule has 0 aromatic carbocycles. The molecule has 0 fully saturated rings. The fourth-order valence-corrected chi connectivity index (χ4v) is 0.705. The van der Waals surface area contributed by atoms with Crippen LogP contribution < -0.4 is 0 Å². The van der Waals surface area contributed by atoms with Crippen LogP contribution in [-0.4, -0.2) is 37.4 Å². The second-order valence-electron chi connectivity index (χ2n) is 2.36. The minimum absolute atomic E-state index is 0.0709. The number of carbonyl (C=O) groups excluding carboxylic acids is 1. The Hall–Kier alpha value is -1.36. The van der Waals surface area contributed by atoms with E-state index in [1.165, 1.54) is 14.2 Å². The van der Waals surface area contributed by atoms with Gasteiger partial charge in [-0.25, -0.2) is 9.59 Å². The molecule has 5 nitrogen and oxygen atoms in total. The van der Waals surface area contributed by atoms with Gasteiger partial charge in [-0.1, -0.05) is 6.58 Å². The van der Waals surface area contributed by atoms with Gasteiger partial charge in [-0.15, -0.1) is 0 Å². The predicted octanol–water partition coefficient (Wildman–Crippen LogP) is 0.205. The minimum Gasteiger partial charge on any atom is -0.478 e. The molecule has 0 aromatic heterocycles. The van der Waals surface area contributed by atoms with Gasteiger partial charge in [0, 0.05) is 19.1 Å². The summed E-state index contributed by atoms with van der Waals surface area (Å²) in [5.41, 5.74) is -0.0859. The highest BCUT2D eigenvalue weighted by molar-refractivity contribution is 5.87. The lowest BCUT2D eigenvalue weighted by Gasteiger charge is -2.11. The van der Waals surface area contributed by atoms with Crippen LogP contribution in [0.5, 0.6) is 0 Å². The van der Waals surface area contributed by atoms with Crippen LogP contribution in [0, 0.1) is 0 Å². The van der Waals surface area contributed by atoms with Gasteiger partial charge in [-0.3, -0.25) is 0 Å². The lowest BCUT2D eigenvalue weighted by molar-refractivity contribution is -0.152. The Morgan fingerprint density at radius 3 is 2.31 bits per heavy atom. The van der Waals surface area contributed by atoms with E-state index >= 15 is 0 Å². The molecule has 0 aliphatic heterocycles. The Morgan fingerprint density at radius 2 is 2.00 bits per heavy atom. The molecule has 0 radical (unpaired) electrons. The van der Waals surface area contributed by atoms with E-state index in [2.05, 4.69) is 11.3 Å². The fourth-order valence-electron chi connectivity index (χ4n) is 0.705. The number of esters is 1. The van der Waals surface area contributed by atoms with E-state index in [-0.39, 0.29) is 12.0 Å². The van der Waals surface area contributed by atoms with Gasteiger partial charge < -0.3 is 14.6 Å². The van der Waals surface area contributed by atoms with Crippen molar-refractivity contribution in [3.8, 4) is 0 Å². The van der Waals surface area contributed by atoms with Gasteiger partial charge >= 0.3 is 11.9 Å². The van der Waals surface area contributed by atoms with Crippen molar-refractivity contribution < 1.29 is 24.2 Å². The fraction of sp³-hybridized carbons (Fsp3) is 0.500. The molecule has 1 N–H and O–H groups in total. The third-order valence-electron chi connectivity index (χ3n) is 1.48. The number of methoxy groups -OCH3 is 2. The number of carbonyl (C=O) groups is 2. The summed E-state index contributed by atoms with van der Waals surface area (Å²) in [5, 5.41) is 8.47. The number of rotatable bonds is 5. The Bertz CT molecular complexity index is 221. The van der Waals surface area contributed by atoms with E-state index in [4.69, 9.17) is 9.84 Å². The summed E-state index contributed by atoms with van der Waals surface area (Å²) in [7, 11) is 2.51. The third kappa shape index (κ3) is 3.71. The van der Waals surface area contributed by atoms with Crippen LogP contribution >= 0.6 is 0 Å². The quantitative estimate of drug-likeness (QED) is 0.493. The van der Waals surface area contributed by atoms with Gasteiger partial charge in [-0.2, -0.15) is 0 Å². The predicted molar refractivity (Wildman–Crippen MR) is 44.2 cm³/mol. The molecule has 0 bridgehead atoms. The smallest absolute Gasteiger partial charge is 0.335 e. The zero-order chi connectivity index (χ0) is 10.4. The first-order valence-electron chi connectivity index (χ1n) is 3.54. The molecular formula is C8H12O5. The van der Waals surface area contributed by atoms with Crippen LogP contribution in [0.2, 0.25) is 0 Å². The second kappa shape index (κ2) is 5.31. The maximum atomic E-state index is 10.9. The monoisotopic (exact) mass is 188 g/mol. The molecule has 0 aliphatic carbocycles. The van der Waals surface area contributed by atoms with Crippen molar-refractivity contribution >= 4 is 11.9 Å². The average molecular weight is 188 g/mol. The minimum atomic E-state index is -1.15. The van der Waals surface area contributed by atoms with E-state index in [0.717, 1.165) is 0 Å². The molecule has 74 valence electrons. The number of hydrogen-bond donors (Lipinski definition) is 1. The topological polar surface area (TPSA) is 72.8 Å². The summed E-state index contributed by atoms with van der Waals surface area (Å²) in [5.74, 6) is -1.75. The Balaban J connectivity index is 4.21. The van der Waals surface area contributed by atoms with Gasteiger partial charge in [0.1, 0.15) is 0 Å². The number of carboxylic acid groups (broad SMARTS) is 1. The van der Waals surface area contributed by atoms with Crippen LogP contribution in [0.1, 0.15) is 6.42 Å². The highest BCUT2D eigenvalue weighted by atomic mass is 16.6. The number of hydrogen-bond acceptors (Lipinski definition) is 4. The van der Waals surface area contributed by atoms with Gasteiger partial charge in [0.05, 0.1) is 7.11 Å². The van der Waals surface area contributed by atoms with Crippen LogP contribution in [-0.2, 0) is 19.1 Å². The first-order valence-corrected chi connectivity index (χ1v) is 3.54. The van der Waals surface area contributed by atoms with Gasteiger partial charge in [0.15, 0.2) is 6.10 Å². The third-order valence-corrected chi connectivity index (χ3v) is 1.48. The molecule has 1 unspecified atom stereocenters. The van der Waals surface area contributed by atoms with Crippen molar-refractivity contribution in [2.45, 2.75) is 12.5 Å². The molecule has 0 amide bonds. The standard InChI is InChI=1S/C8H12O5/c1-5(7(9)10)4-6(12-2)8(11)13-3/h6H,1,4H2,2-3H3,(H,9,10). The highest BCUT2D eigenvalue weighted by Gasteiger charge is 2.21. The first-order chi connectivity index (χ1) is 6.02. The lowest BCUT2D eigenvalue weighted by Crippen LogP contribution is -2.25. The van der Waals surface area contributed by atoms with Crippen molar-refractivity contribution in [2.24, 2.45) is 0 Å². The molecule has 5 heteroatoms. The molecule has 13 heavy (non-hydrogen) atoms. The summed E-state index contributed by atoms with van der Waals surface area (Å²) < 4.78 is 9.11. The van der Waals surface area contributed by atoms with E-state index in [1.807, 2.05) is 0 Å². The van der Waals surface area contributed by atoms with Crippen molar-refractivity contribution in [1.82, 2.24) is 0 Å². The maximum absolute atomic E-state index is 10.9. The zero-order valence-electron chi connectivity index (χ0n) is 7.57. The van der Waals surface area contributed by atoms with Crippen LogP contribution in [0.4, 0.5) is 0 Å². The highest BCUT2D eigenvalue weighted by Crippen LogP contribution is 2.07. The summed E-state index contributed by atoms with van der Waals surface area (Å²) in [6.45, 7) is 3.27. The summed E-state index contributed by atoms with van der Waals surface area (Å²) in [6.07, 6.45) is -0.966. The largest absolute Gasteiger partial charge is 0.478 e. The van der Waals surface area contributed by atoms with Gasteiger partial charge in [0.2, 0.25) is 0 Å². The summed E-state index contributed by atoms with van der Waals surface area (Å²) in [4.78, 5) is 21.3. The Kier molecular flexibility index (Phi) is 4.76. The number of ether oxygens (including phenoxy) is 2. The van der Waals surface area contributed by atoms with Crippen LogP contribution in [0.25, 0.3) is 0 Å². The average Bonchev–Trinajstić information content (AvgIpc) is 2.12. The van der Waals surface area contributed by atoms with Crippen molar-refractivity contribution in [3.63, 3.8) is 0 Å². The number of aliphatic carboxylic acids is 1. The molecule has 0 aliphatic rings. The normalized spacial score (nSPS) is 11.8. The van der Waals surface area contributed by atoms with Crippen LogP contribution in [0.15, 0.2) is 12.2 Å². The van der Waals surface area contributed by atoms with E-state index in [9.17, 15) is 9.59 Å². The molecule has 0 rings (SSSR count). The van der Waals surface area contributed by atoms with E-state index < -0.39 is 18.0 Å². The van der Waals surface area contributed by atoms with E-state index in [1.54, 1.807) is 0 Å². The second-order valence-corrected chi connectivity index (χ2v) is 2.36. The zero-order valence-corrected chi connectivity index (χ0v) is 7.57. The number of carboxylic acids is 1. The van der Waals surface area contributed by atoms with Crippen LogP contribution in [0.3, 0.4) is 0 Å². The molecule has 0 aromatic rings. The molecule has 0 saturated carbocycles.